The molecule has 1 aromatic carbocycles. The number of carbonyl (C=O) groups is 1. The van der Waals surface area contributed by atoms with Crippen molar-refractivity contribution in [2.45, 2.75) is 32.7 Å². The van der Waals surface area contributed by atoms with Gasteiger partial charge in [0, 0.05) is 18.8 Å². The first kappa shape index (κ1) is 21.8. The summed E-state index contributed by atoms with van der Waals surface area (Å²) < 4.78 is 50.3. The van der Waals surface area contributed by atoms with Crippen LogP contribution >= 0.6 is 11.6 Å². The molecule has 30 heavy (non-hydrogen) atoms. The number of aryl methyl sites for hydroxylation is 2. The molecule has 2 aromatic heterocycles. The summed E-state index contributed by atoms with van der Waals surface area (Å²) in [4.78, 5) is 12.2. The van der Waals surface area contributed by atoms with Crippen molar-refractivity contribution in [2.24, 2.45) is 0 Å². The van der Waals surface area contributed by atoms with Crippen LogP contribution in [0.3, 0.4) is 0 Å². The topological polar surface area (TPSA) is 69.3 Å². The van der Waals surface area contributed by atoms with Gasteiger partial charge in [0.1, 0.15) is 18.1 Å². The highest BCUT2D eigenvalue weighted by molar-refractivity contribution is 6.32. The van der Waals surface area contributed by atoms with E-state index in [9.17, 15) is 18.0 Å². The van der Waals surface area contributed by atoms with Crippen LogP contribution in [0.1, 0.15) is 34.1 Å². The predicted molar refractivity (Wildman–Crippen MR) is 103 cm³/mol. The molecule has 0 saturated heterocycles. The molecule has 160 valence electrons. The van der Waals surface area contributed by atoms with Crippen LogP contribution in [-0.4, -0.2) is 22.2 Å². The normalized spacial score (nSPS) is 11.5. The van der Waals surface area contributed by atoms with E-state index >= 15 is 0 Å². The molecule has 0 aliphatic heterocycles. The van der Waals surface area contributed by atoms with E-state index in [1.807, 2.05) is 0 Å². The number of hydrogen-bond acceptors (Lipinski definition) is 4. The molecule has 0 aliphatic carbocycles. The maximum Gasteiger partial charge on any atom is 0.435 e. The van der Waals surface area contributed by atoms with E-state index in [1.54, 1.807) is 37.3 Å². The minimum absolute atomic E-state index is 0.108. The summed E-state index contributed by atoms with van der Waals surface area (Å²) in [7, 11) is 0. The highest BCUT2D eigenvalue weighted by atomic mass is 35.5. The van der Waals surface area contributed by atoms with Crippen LogP contribution < -0.4 is 10.1 Å². The number of amides is 1. The molecule has 3 rings (SSSR count). The number of nitrogens with zero attached hydrogens (tertiary/aromatic N) is 2. The first-order chi connectivity index (χ1) is 14.2. The van der Waals surface area contributed by atoms with Crippen LogP contribution in [0.4, 0.5) is 13.2 Å². The van der Waals surface area contributed by atoms with Gasteiger partial charge in [0.2, 0.25) is 0 Å². The Labute approximate surface area is 175 Å². The lowest BCUT2D eigenvalue weighted by Crippen LogP contribution is -2.25. The average Bonchev–Trinajstić information content (AvgIpc) is 3.31. The van der Waals surface area contributed by atoms with Crippen molar-refractivity contribution in [3.63, 3.8) is 0 Å². The summed E-state index contributed by atoms with van der Waals surface area (Å²) in [6.07, 6.45) is -4.06. The Morgan fingerprint density at radius 3 is 2.73 bits per heavy atom. The van der Waals surface area contributed by atoms with Crippen LogP contribution in [0, 0.1) is 6.92 Å². The molecule has 1 amide bonds. The second kappa shape index (κ2) is 9.25. The number of furan rings is 1. The number of hydrogen-bond donors (Lipinski definition) is 1. The number of ether oxygens (including phenoxy) is 1. The molecule has 0 aliphatic rings. The zero-order chi connectivity index (χ0) is 21.7. The highest BCUT2D eigenvalue weighted by Gasteiger charge is 2.34. The summed E-state index contributed by atoms with van der Waals surface area (Å²) in [5.41, 5.74) is -0.519. The maximum absolute atomic E-state index is 12.7. The molecular formula is C20H19ClF3N3O3. The van der Waals surface area contributed by atoms with Gasteiger partial charge in [-0.25, -0.2) is 0 Å². The van der Waals surface area contributed by atoms with E-state index in [-0.39, 0.29) is 25.5 Å². The zero-order valence-electron chi connectivity index (χ0n) is 16.0. The third-order valence-electron chi connectivity index (χ3n) is 4.20. The van der Waals surface area contributed by atoms with Crippen LogP contribution in [0.15, 0.2) is 46.9 Å². The quantitative estimate of drug-likeness (QED) is 0.507. The van der Waals surface area contributed by atoms with Crippen molar-refractivity contribution >= 4 is 17.5 Å². The Morgan fingerprint density at radius 1 is 1.27 bits per heavy atom. The van der Waals surface area contributed by atoms with Crippen molar-refractivity contribution in [2.75, 3.05) is 6.54 Å². The van der Waals surface area contributed by atoms with Crippen molar-refractivity contribution in [1.29, 1.82) is 0 Å². The summed E-state index contributed by atoms with van der Waals surface area (Å²) in [6.45, 7) is 2.16. The van der Waals surface area contributed by atoms with E-state index in [0.29, 0.717) is 28.6 Å². The van der Waals surface area contributed by atoms with E-state index in [1.165, 1.54) is 10.7 Å². The largest absolute Gasteiger partial charge is 0.484 e. The standard InChI is InChI=1S/C20H19ClF3N3O3/c1-13-11-18(20(22,23)24)26-27(13)10-4-9-25-19(28)17-8-7-14(30-17)12-29-16-6-3-2-5-15(16)21/h2-3,5-8,11H,4,9-10,12H2,1H3,(H,25,28). The molecule has 2 heterocycles. The minimum Gasteiger partial charge on any atom is -0.484 e. The van der Waals surface area contributed by atoms with Gasteiger partial charge in [-0.2, -0.15) is 18.3 Å². The molecule has 0 spiro atoms. The van der Waals surface area contributed by atoms with Crippen molar-refractivity contribution in [1.82, 2.24) is 15.1 Å². The lowest BCUT2D eigenvalue weighted by Gasteiger charge is -2.06. The molecule has 0 bridgehead atoms. The number of alkyl halides is 3. The molecule has 10 heteroatoms. The SMILES string of the molecule is Cc1cc(C(F)(F)F)nn1CCCNC(=O)c1ccc(COc2ccccc2Cl)o1. The Morgan fingerprint density at radius 2 is 2.03 bits per heavy atom. The maximum atomic E-state index is 12.7. The van der Waals surface area contributed by atoms with Crippen molar-refractivity contribution in [3.05, 3.63) is 70.4 Å². The fraction of sp³-hybridized carbons (Fsp3) is 0.300. The molecule has 6 nitrogen and oxygen atoms in total. The van der Waals surface area contributed by atoms with Gasteiger partial charge in [-0.3, -0.25) is 9.48 Å². The van der Waals surface area contributed by atoms with Crippen LogP contribution in [0.2, 0.25) is 5.02 Å². The van der Waals surface area contributed by atoms with Gasteiger partial charge in [-0.15, -0.1) is 0 Å². The van der Waals surface area contributed by atoms with Crippen LogP contribution in [0.5, 0.6) is 5.75 Å². The van der Waals surface area contributed by atoms with Crippen LogP contribution in [0.25, 0.3) is 0 Å². The first-order valence-corrected chi connectivity index (χ1v) is 9.47. The lowest BCUT2D eigenvalue weighted by molar-refractivity contribution is -0.141. The fourth-order valence-corrected chi connectivity index (χ4v) is 2.87. The van der Waals surface area contributed by atoms with Gasteiger partial charge >= 0.3 is 6.18 Å². The number of aromatic nitrogens is 2. The van der Waals surface area contributed by atoms with Gasteiger partial charge in [0.05, 0.1) is 5.02 Å². The molecule has 0 radical (unpaired) electrons. The monoisotopic (exact) mass is 441 g/mol. The smallest absolute Gasteiger partial charge is 0.435 e. The van der Waals surface area contributed by atoms with Gasteiger partial charge in [0.15, 0.2) is 11.5 Å². The number of halogens is 4. The van der Waals surface area contributed by atoms with E-state index < -0.39 is 17.8 Å². The molecule has 0 unspecified atom stereocenters. The molecule has 3 aromatic rings. The number of para-hydroxylation sites is 1. The predicted octanol–water partition coefficient (Wildman–Crippen LogP) is 4.86. The summed E-state index contributed by atoms with van der Waals surface area (Å²) in [6, 6.07) is 11.1. The second-order valence-corrected chi connectivity index (χ2v) is 6.89. The Balaban J connectivity index is 1.45. The van der Waals surface area contributed by atoms with Crippen molar-refractivity contribution in [3.8, 4) is 5.75 Å². The van der Waals surface area contributed by atoms with Gasteiger partial charge in [0.25, 0.3) is 5.91 Å². The van der Waals surface area contributed by atoms with Gasteiger partial charge in [-0.1, -0.05) is 23.7 Å². The molecule has 0 fully saturated rings. The summed E-state index contributed by atoms with van der Waals surface area (Å²) in [5, 5.41) is 6.68. The summed E-state index contributed by atoms with van der Waals surface area (Å²) >= 11 is 6.01. The Bertz CT molecular complexity index is 1010. The van der Waals surface area contributed by atoms with E-state index in [4.69, 9.17) is 20.8 Å². The third kappa shape index (κ3) is 5.56. The Hall–Kier alpha value is -2.94. The second-order valence-electron chi connectivity index (χ2n) is 6.49. The van der Waals surface area contributed by atoms with E-state index in [0.717, 1.165) is 6.07 Å². The number of nitrogens with one attached hydrogen (secondary N) is 1. The van der Waals surface area contributed by atoms with Crippen LogP contribution in [-0.2, 0) is 19.3 Å². The van der Waals surface area contributed by atoms with Crippen molar-refractivity contribution < 1.29 is 27.1 Å². The minimum atomic E-state index is -4.48. The number of carbonyl (C=O) groups excluding carboxylic acids is 1. The highest BCUT2D eigenvalue weighted by Crippen LogP contribution is 2.28. The van der Waals surface area contributed by atoms with Gasteiger partial charge in [-0.05, 0) is 43.7 Å². The molecule has 0 saturated carbocycles. The fourth-order valence-electron chi connectivity index (χ4n) is 2.68. The summed E-state index contributed by atoms with van der Waals surface area (Å²) in [5.74, 6) is 0.644. The number of rotatable bonds is 8. The molecule has 0 atom stereocenters. The third-order valence-corrected chi connectivity index (χ3v) is 4.51. The van der Waals surface area contributed by atoms with E-state index in [2.05, 4.69) is 10.4 Å². The zero-order valence-corrected chi connectivity index (χ0v) is 16.8. The first-order valence-electron chi connectivity index (χ1n) is 9.10. The average molecular weight is 442 g/mol. The molecular weight excluding hydrogens is 423 g/mol. The lowest BCUT2D eigenvalue weighted by atomic mass is 10.3. The molecule has 1 N–H and O–H groups in total. The van der Waals surface area contributed by atoms with Gasteiger partial charge < -0.3 is 14.5 Å². The number of benzene rings is 1. The Kier molecular flexibility index (Phi) is 6.71.